The van der Waals surface area contributed by atoms with Crippen LogP contribution in [0.1, 0.15) is 24.4 Å². The van der Waals surface area contributed by atoms with Crippen molar-refractivity contribution in [2.24, 2.45) is 0 Å². The van der Waals surface area contributed by atoms with E-state index in [-0.39, 0.29) is 11.9 Å². The Hall–Kier alpha value is -2.73. The van der Waals surface area contributed by atoms with E-state index in [0.717, 1.165) is 47.9 Å². The predicted molar refractivity (Wildman–Crippen MR) is 105 cm³/mol. The topological polar surface area (TPSA) is 60.0 Å². The molecule has 0 radical (unpaired) electrons. The molecule has 1 amide bonds. The van der Waals surface area contributed by atoms with Gasteiger partial charge in [0, 0.05) is 23.4 Å². The van der Waals surface area contributed by atoms with Gasteiger partial charge in [0.2, 0.25) is 5.91 Å². The maximum absolute atomic E-state index is 12.5. The van der Waals surface area contributed by atoms with E-state index >= 15 is 0 Å². The molecule has 1 heterocycles. The lowest BCUT2D eigenvalue weighted by Gasteiger charge is -2.26. The smallest absolute Gasteiger partial charge is 0.238 e. The highest BCUT2D eigenvalue weighted by atomic mass is 16.5. The third-order valence-corrected chi connectivity index (χ3v) is 4.88. The van der Waals surface area contributed by atoms with Gasteiger partial charge in [0.25, 0.3) is 0 Å². The van der Waals surface area contributed by atoms with Crippen molar-refractivity contribution in [3.05, 3.63) is 48.0 Å². The first kappa shape index (κ1) is 19.0. The molecule has 1 aliphatic heterocycles. The van der Waals surface area contributed by atoms with Crippen molar-refractivity contribution < 1.29 is 19.0 Å². The van der Waals surface area contributed by atoms with Crippen molar-refractivity contribution in [1.82, 2.24) is 4.90 Å². The summed E-state index contributed by atoms with van der Waals surface area (Å²) < 4.78 is 16.0. The van der Waals surface area contributed by atoms with E-state index in [1.54, 1.807) is 21.3 Å². The highest BCUT2D eigenvalue weighted by molar-refractivity contribution is 5.92. The molecule has 1 N–H and O–H groups in total. The zero-order chi connectivity index (χ0) is 19.2. The van der Waals surface area contributed by atoms with Crippen LogP contribution >= 0.6 is 0 Å². The summed E-state index contributed by atoms with van der Waals surface area (Å²) in [5, 5.41) is 2.95. The Bertz CT molecular complexity index is 776. The Labute approximate surface area is 160 Å². The molecule has 0 aromatic heterocycles. The molecule has 144 valence electrons. The third-order valence-electron chi connectivity index (χ3n) is 4.88. The van der Waals surface area contributed by atoms with Gasteiger partial charge in [-0.1, -0.05) is 6.07 Å². The van der Waals surface area contributed by atoms with Crippen molar-refractivity contribution in [3.8, 4) is 17.2 Å². The maximum atomic E-state index is 12.5. The van der Waals surface area contributed by atoms with E-state index in [9.17, 15) is 4.79 Å². The Morgan fingerprint density at radius 3 is 2.41 bits per heavy atom. The van der Waals surface area contributed by atoms with Crippen molar-refractivity contribution in [2.75, 3.05) is 39.7 Å². The van der Waals surface area contributed by atoms with Gasteiger partial charge in [0.1, 0.15) is 17.2 Å². The first-order valence-corrected chi connectivity index (χ1v) is 9.04. The first-order valence-electron chi connectivity index (χ1n) is 9.04. The molecule has 0 saturated carbocycles. The van der Waals surface area contributed by atoms with Crippen LogP contribution in [0.4, 0.5) is 5.69 Å². The second kappa shape index (κ2) is 8.77. The fraction of sp³-hybridized carbons (Fsp3) is 0.381. The van der Waals surface area contributed by atoms with Crippen LogP contribution in [0.2, 0.25) is 0 Å². The molecule has 27 heavy (non-hydrogen) atoms. The number of hydrogen-bond acceptors (Lipinski definition) is 5. The average molecular weight is 370 g/mol. The number of nitrogens with one attached hydrogen (secondary N) is 1. The number of benzene rings is 2. The van der Waals surface area contributed by atoms with Gasteiger partial charge in [-0.15, -0.1) is 0 Å². The van der Waals surface area contributed by atoms with Crippen LogP contribution < -0.4 is 19.5 Å². The number of ether oxygens (including phenoxy) is 3. The molecular formula is C21H26N2O4. The predicted octanol–water partition coefficient (Wildman–Crippen LogP) is 3.49. The number of hydrogen-bond donors (Lipinski definition) is 1. The SMILES string of the molecule is COc1ccc(NC(=O)CN2CCC[C@H]2c2ccc(OC)cc2OC)cc1. The molecule has 6 nitrogen and oxygen atoms in total. The zero-order valence-electron chi connectivity index (χ0n) is 16.0. The molecule has 3 rings (SSSR count). The highest BCUT2D eigenvalue weighted by Gasteiger charge is 2.29. The fourth-order valence-electron chi connectivity index (χ4n) is 3.52. The molecular weight excluding hydrogens is 344 g/mol. The van der Waals surface area contributed by atoms with Gasteiger partial charge in [0.15, 0.2) is 0 Å². The summed E-state index contributed by atoms with van der Waals surface area (Å²) in [5.74, 6) is 2.29. The number of anilines is 1. The van der Waals surface area contributed by atoms with Gasteiger partial charge in [-0.3, -0.25) is 9.69 Å². The Balaban J connectivity index is 1.68. The van der Waals surface area contributed by atoms with Crippen LogP contribution in [-0.4, -0.2) is 45.2 Å². The van der Waals surface area contributed by atoms with Crippen LogP contribution in [0.15, 0.2) is 42.5 Å². The van der Waals surface area contributed by atoms with E-state index in [0.29, 0.717) is 6.54 Å². The molecule has 2 aromatic rings. The van der Waals surface area contributed by atoms with Crippen molar-refractivity contribution >= 4 is 11.6 Å². The summed E-state index contributed by atoms with van der Waals surface area (Å²) in [6.07, 6.45) is 2.05. The molecule has 0 aliphatic carbocycles. The van der Waals surface area contributed by atoms with Crippen LogP contribution in [0.3, 0.4) is 0 Å². The molecule has 6 heteroatoms. The molecule has 1 atom stereocenters. The third kappa shape index (κ3) is 4.52. The van der Waals surface area contributed by atoms with E-state index in [2.05, 4.69) is 10.2 Å². The minimum atomic E-state index is -0.0282. The first-order chi connectivity index (χ1) is 13.1. The van der Waals surface area contributed by atoms with E-state index in [4.69, 9.17) is 14.2 Å². The van der Waals surface area contributed by atoms with Gasteiger partial charge in [-0.05, 0) is 49.7 Å². The second-order valence-electron chi connectivity index (χ2n) is 6.51. The van der Waals surface area contributed by atoms with Gasteiger partial charge in [-0.25, -0.2) is 0 Å². The van der Waals surface area contributed by atoms with Crippen molar-refractivity contribution in [1.29, 1.82) is 0 Å². The average Bonchev–Trinajstić information content (AvgIpc) is 3.15. The lowest BCUT2D eigenvalue weighted by Crippen LogP contribution is -2.33. The number of amides is 1. The Morgan fingerprint density at radius 1 is 1.04 bits per heavy atom. The van der Waals surface area contributed by atoms with E-state index in [1.165, 1.54) is 0 Å². The van der Waals surface area contributed by atoms with Crippen LogP contribution in [-0.2, 0) is 4.79 Å². The van der Waals surface area contributed by atoms with Gasteiger partial charge >= 0.3 is 0 Å². The number of nitrogens with zero attached hydrogens (tertiary/aromatic N) is 1. The van der Waals surface area contributed by atoms with E-state index < -0.39 is 0 Å². The molecule has 2 aromatic carbocycles. The summed E-state index contributed by atoms with van der Waals surface area (Å²) in [7, 11) is 4.92. The lowest BCUT2D eigenvalue weighted by atomic mass is 10.0. The molecule has 1 aliphatic rings. The maximum Gasteiger partial charge on any atom is 0.238 e. The van der Waals surface area contributed by atoms with Crippen LogP contribution in [0, 0.1) is 0 Å². The van der Waals surface area contributed by atoms with Crippen LogP contribution in [0.25, 0.3) is 0 Å². The van der Waals surface area contributed by atoms with E-state index in [1.807, 2.05) is 42.5 Å². The summed E-state index contributed by atoms with van der Waals surface area (Å²) in [6, 6.07) is 13.4. The number of likely N-dealkylation sites (tertiary alicyclic amines) is 1. The highest BCUT2D eigenvalue weighted by Crippen LogP contribution is 2.38. The number of methoxy groups -OCH3 is 3. The monoisotopic (exact) mass is 370 g/mol. The quantitative estimate of drug-likeness (QED) is 0.808. The zero-order valence-corrected chi connectivity index (χ0v) is 16.0. The molecule has 1 saturated heterocycles. The summed E-state index contributed by atoms with van der Waals surface area (Å²) in [4.78, 5) is 14.7. The normalized spacial score (nSPS) is 16.8. The molecule has 0 bridgehead atoms. The van der Waals surface area contributed by atoms with Crippen molar-refractivity contribution in [3.63, 3.8) is 0 Å². The van der Waals surface area contributed by atoms with Gasteiger partial charge < -0.3 is 19.5 Å². The van der Waals surface area contributed by atoms with Crippen molar-refractivity contribution in [2.45, 2.75) is 18.9 Å². The minimum Gasteiger partial charge on any atom is -0.497 e. The standard InChI is InChI=1S/C21H26N2O4/c1-25-16-8-6-15(7-9-16)22-21(24)14-23-12-4-5-19(23)18-11-10-17(26-2)13-20(18)27-3/h6-11,13,19H,4-5,12,14H2,1-3H3,(H,22,24)/t19-/m0/s1. The Morgan fingerprint density at radius 2 is 1.74 bits per heavy atom. The number of carbonyl (C=O) groups is 1. The second-order valence-corrected chi connectivity index (χ2v) is 6.51. The minimum absolute atomic E-state index is 0.0282. The fourth-order valence-corrected chi connectivity index (χ4v) is 3.52. The molecule has 0 spiro atoms. The summed E-state index contributed by atoms with van der Waals surface area (Å²) in [6.45, 7) is 1.22. The van der Waals surface area contributed by atoms with Gasteiger partial charge in [0.05, 0.1) is 27.9 Å². The number of carbonyl (C=O) groups excluding carboxylic acids is 1. The number of rotatable bonds is 7. The lowest BCUT2D eigenvalue weighted by molar-refractivity contribution is -0.117. The Kier molecular flexibility index (Phi) is 6.19. The molecule has 0 unspecified atom stereocenters. The van der Waals surface area contributed by atoms with Gasteiger partial charge in [-0.2, -0.15) is 0 Å². The largest absolute Gasteiger partial charge is 0.497 e. The summed E-state index contributed by atoms with van der Waals surface area (Å²) in [5.41, 5.74) is 1.85. The van der Waals surface area contributed by atoms with Crippen LogP contribution in [0.5, 0.6) is 17.2 Å². The molecule has 1 fully saturated rings. The summed E-state index contributed by atoms with van der Waals surface area (Å²) >= 11 is 0.